The smallest absolute Gasteiger partial charge is 0.407 e. The molecule has 0 atom stereocenters. The summed E-state index contributed by atoms with van der Waals surface area (Å²) in [6.07, 6.45) is 4.38. The molecule has 0 radical (unpaired) electrons. The molecule has 2 aliphatic rings. The molecule has 2 amide bonds. The van der Waals surface area contributed by atoms with Crippen molar-refractivity contribution in [2.24, 2.45) is 0 Å². The molecule has 0 unspecified atom stereocenters. The summed E-state index contributed by atoms with van der Waals surface area (Å²) in [6.45, 7) is 23.5. The molecule has 2 aromatic rings. The van der Waals surface area contributed by atoms with Gasteiger partial charge in [-0.15, -0.1) is 0 Å². The molecule has 18 nitrogen and oxygen atoms in total. The summed E-state index contributed by atoms with van der Waals surface area (Å²) in [4.78, 5) is 65.9. The van der Waals surface area contributed by atoms with Gasteiger partial charge in [0.05, 0.1) is 32.1 Å². The minimum Gasteiger partial charge on any atom is -0.507 e. The summed E-state index contributed by atoms with van der Waals surface area (Å²) in [5.74, 6) is -0.298. The summed E-state index contributed by atoms with van der Waals surface area (Å²) in [5, 5.41) is 15.5. The monoisotopic (exact) mass is 1010 g/mol. The Kier molecular flexibility index (Phi) is 22.5. The van der Waals surface area contributed by atoms with E-state index in [4.69, 9.17) is 42.5 Å². The number of benzene rings is 2. The Bertz CT molecular complexity index is 2290. The highest BCUT2D eigenvalue weighted by atomic mass is 31.2. The van der Waals surface area contributed by atoms with E-state index in [0.717, 1.165) is 62.6 Å². The Morgan fingerprint density at radius 3 is 1.65 bits per heavy atom. The van der Waals surface area contributed by atoms with Crippen molar-refractivity contribution in [2.75, 3.05) is 58.4 Å². The Labute approximate surface area is 401 Å². The number of carbonyl (C=O) groups excluding carboxylic acids is 4. The fourth-order valence-electron chi connectivity index (χ4n) is 7.57. The first-order valence-electron chi connectivity index (χ1n) is 23.0. The SMILES string of the molecule is CCOP(=O)(CCNC(=O)OC/C(C)=C/Cc1c(CC)c(C)c2c(c1OCC[Si](C)(C)C)C(=O)OC2)OCC.CCc1c(C)c2c(c(O)c1C/C=C(\C)COC(=O)NCCP(=O)(O)O)C(=O)OC2. The van der Waals surface area contributed by atoms with Gasteiger partial charge in [0.15, 0.2) is 0 Å². The quantitative estimate of drug-likeness (QED) is 0.0217. The zero-order valence-electron chi connectivity index (χ0n) is 41.5. The summed E-state index contributed by atoms with van der Waals surface area (Å²) in [7, 11) is -8.73. The van der Waals surface area contributed by atoms with Crippen LogP contribution in [0.15, 0.2) is 23.3 Å². The number of cyclic esters (lactones) is 2. The van der Waals surface area contributed by atoms with Crippen LogP contribution in [0.5, 0.6) is 11.5 Å². The van der Waals surface area contributed by atoms with Crippen LogP contribution < -0.4 is 15.4 Å². The first kappa shape index (κ1) is 57.8. The van der Waals surface area contributed by atoms with E-state index >= 15 is 0 Å². The van der Waals surface area contributed by atoms with Gasteiger partial charge in [-0.05, 0) is 107 Å². The lowest BCUT2D eigenvalue weighted by Gasteiger charge is -2.22. The van der Waals surface area contributed by atoms with Crippen LogP contribution in [0.3, 0.4) is 0 Å². The van der Waals surface area contributed by atoms with Crippen molar-refractivity contribution in [3.8, 4) is 11.5 Å². The number of nitrogens with one attached hydrogen (secondary N) is 2. The molecule has 0 aliphatic carbocycles. The Hall–Kier alpha value is -4.48. The van der Waals surface area contributed by atoms with Crippen molar-refractivity contribution in [1.82, 2.24) is 10.6 Å². The van der Waals surface area contributed by atoms with E-state index in [1.165, 1.54) is 0 Å². The van der Waals surface area contributed by atoms with E-state index in [0.29, 0.717) is 42.7 Å². The number of esters is 2. The summed E-state index contributed by atoms with van der Waals surface area (Å²) >= 11 is 0. The number of ether oxygens (including phenoxy) is 5. The van der Waals surface area contributed by atoms with Crippen molar-refractivity contribution in [2.45, 2.75) is 120 Å². The number of aromatic hydroxyl groups is 1. The summed E-state index contributed by atoms with van der Waals surface area (Å²) in [6, 6.07) is 0.980. The van der Waals surface area contributed by atoms with E-state index in [1.54, 1.807) is 26.8 Å². The molecule has 0 bridgehead atoms. The van der Waals surface area contributed by atoms with Crippen LogP contribution in [0.2, 0.25) is 25.7 Å². The fraction of sp³-hybridized carbons (Fsp3) is 0.574. The Balaban J connectivity index is 0.000000376. The third-order valence-electron chi connectivity index (χ3n) is 11.2. The lowest BCUT2D eigenvalue weighted by Crippen LogP contribution is -2.28. The molecule has 380 valence electrons. The Morgan fingerprint density at radius 1 is 0.721 bits per heavy atom. The fourth-order valence-corrected chi connectivity index (χ4v) is 10.2. The van der Waals surface area contributed by atoms with Gasteiger partial charge in [-0.3, -0.25) is 9.13 Å². The lowest BCUT2D eigenvalue weighted by molar-refractivity contribution is 0.0523. The third-order valence-corrected chi connectivity index (χ3v) is 15.8. The van der Waals surface area contributed by atoms with Gasteiger partial charge < -0.3 is 58.3 Å². The molecular weight excluding hydrogens is 939 g/mol. The van der Waals surface area contributed by atoms with Crippen LogP contribution in [-0.4, -0.2) is 106 Å². The largest absolute Gasteiger partial charge is 0.507 e. The molecule has 2 heterocycles. The maximum atomic E-state index is 12.7. The molecule has 2 aliphatic heterocycles. The number of alkyl carbamates (subject to hydrolysis) is 2. The first-order chi connectivity index (χ1) is 31.9. The standard InChI is InChI=1S/C28H46NO8PSi.C19H26NO8P/c1-9-22-21(5)24-19-34-27(30)25(24)26(33-15-17-39(6,7)8)23(22)13-12-20(4)18-35-28(31)29-14-16-38(32,36-10-2)37-11-3;1-4-13-12(3)15-10-27-18(22)16(15)17(21)14(13)6-5-11(2)9-28-19(23)20-7-8-29(24,25)26/h12H,9-11,13-19H2,1-8H3,(H,29,31);5,21H,4,6-10H2,1-3H3,(H,20,23)(H2,24,25,26)/b20-12+;11-5+. The highest BCUT2D eigenvalue weighted by Crippen LogP contribution is 2.47. The summed E-state index contributed by atoms with van der Waals surface area (Å²) < 4.78 is 60.8. The van der Waals surface area contributed by atoms with Crippen molar-refractivity contribution in [3.05, 3.63) is 78.9 Å². The molecule has 0 spiro atoms. The van der Waals surface area contributed by atoms with Gasteiger partial charge in [0.2, 0.25) is 0 Å². The molecule has 5 N–H and O–H groups in total. The number of allylic oxidation sites excluding steroid dienone is 2. The zero-order valence-corrected chi connectivity index (χ0v) is 44.3. The first-order valence-corrected chi connectivity index (χ1v) is 30.2. The number of hydrogen-bond acceptors (Lipinski definition) is 14. The van der Waals surface area contributed by atoms with Crippen LogP contribution in [0.4, 0.5) is 9.59 Å². The van der Waals surface area contributed by atoms with Gasteiger partial charge >= 0.3 is 39.3 Å². The van der Waals surface area contributed by atoms with Gasteiger partial charge in [0, 0.05) is 43.4 Å². The highest BCUT2D eigenvalue weighted by molar-refractivity contribution is 7.53. The van der Waals surface area contributed by atoms with Crippen LogP contribution in [0.25, 0.3) is 0 Å². The molecule has 0 saturated carbocycles. The van der Waals surface area contributed by atoms with Gasteiger partial charge in [-0.25, -0.2) is 19.2 Å². The van der Waals surface area contributed by atoms with Crippen LogP contribution >= 0.6 is 15.2 Å². The van der Waals surface area contributed by atoms with E-state index in [-0.39, 0.29) is 76.2 Å². The maximum Gasteiger partial charge on any atom is 0.407 e. The number of phenolic OH excluding ortho intramolecular Hbond substituents is 1. The molecule has 2 aromatic carbocycles. The maximum absolute atomic E-state index is 12.7. The van der Waals surface area contributed by atoms with Gasteiger partial charge in [-0.1, -0.05) is 45.6 Å². The second-order valence-electron chi connectivity index (χ2n) is 17.6. The van der Waals surface area contributed by atoms with Crippen LogP contribution in [0.1, 0.15) is 107 Å². The molecule has 0 saturated heterocycles. The van der Waals surface area contributed by atoms with Crippen molar-refractivity contribution in [3.63, 3.8) is 0 Å². The number of hydrogen-bond donors (Lipinski definition) is 5. The normalized spacial score (nSPS) is 13.8. The number of fused-ring (bicyclic) bond motifs is 2. The van der Waals surface area contributed by atoms with Crippen molar-refractivity contribution in [1.29, 1.82) is 0 Å². The second-order valence-corrected chi connectivity index (χ2v) is 27.2. The van der Waals surface area contributed by atoms with Gasteiger partial charge in [0.25, 0.3) is 0 Å². The average Bonchev–Trinajstić information content (AvgIpc) is 3.85. The minimum atomic E-state index is -4.17. The zero-order chi connectivity index (χ0) is 51.0. The van der Waals surface area contributed by atoms with Gasteiger partial charge in [-0.2, -0.15) is 0 Å². The number of carbonyl (C=O) groups is 4. The molecule has 21 heteroatoms. The van der Waals surface area contributed by atoms with E-state index in [2.05, 4.69) is 37.2 Å². The molecular formula is C47H72N2O16P2Si. The van der Waals surface area contributed by atoms with Crippen LogP contribution in [0, 0.1) is 13.8 Å². The summed E-state index contributed by atoms with van der Waals surface area (Å²) in [5.41, 5.74) is 9.75. The van der Waals surface area contributed by atoms with E-state index in [1.807, 2.05) is 33.8 Å². The van der Waals surface area contributed by atoms with Crippen molar-refractivity contribution >= 4 is 47.4 Å². The average molecular weight is 1010 g/mol. The Morgan fingerprint density at radius 2 is 1.18 bits per heavy atom. The molecule has 4 rings (SSSR count). The van der Waals surface area contributed by atoms with E-state index < -0.39 is 47.6 Å². The van der Waals surface area contributed by atoms with Gasteiger partial charge in [0.1, 0.15) is 49.1 Å². The van der Waals surface area contributed by atoms with Crippen LogP contribution in [-0.2, 0) is 76.0 Å². The topological polar surface area (TPSA) is 252 Å². The van der Waals surface area contributed by atoms with Crippen molar-refractivity contribution < 1.29 is 75.9 Å². The molecule has 68 heavy (non-hydrogen) atoms. The second kappa shape index (κ2) is 26.5. The predicted molar refractivity (Wildman–Crippen MR) is 261 cm³/mol. The number of rotatable bonds is 24. The number of phenols is 1. The molecule has 0 aromatic heterocycles. The molecule has 0 fully saturated rings. The van der Waals surface area contributed by atoms with E-state index in [9.17, 15) is 33.4 Å². The predicted octanol–water partition coefficient (Wildman–Crippen LogP) is 8.75. The lowest BCUT2D eigenvalue weighted by atomic mass is 9.89. The third kappa shape index (κ3) is 17.2. The highest BCUT2D eigenvalue weighted by Gasteiger charge is 2.33. The number of amides is 2. The minimum absolute atomic E-state index is 0.0179.